The Morgan fingerprint density at radius 3 is 2.00 bits per heavy atom. The van der Waals surface area contributed by atoms with E-state index in [-0.39, 0.29) is 12.5 Å². The summed E-state index contributed by atoms with van der Waals surface area (Å²) in [5.41, 5.74) is 3.31. The molecule has 27 heavy (non-hydrogen) atoms. The zero-order valence-electron chi connectivity index (χ0n) is 15.3. The Labute approximate surface area is 165 Å². The van der Waals surface area contributed by atoms with Gasteiger partial charge in [0, 0.05) is 18.1 Å². The monoisotopic (exact) mass is 379 g/mol. The maximum Gasteiger partial charge on any atom is 0.261 e. The van der Waals surface area contributed by atoms with Crippen molar-refractivity contribution in [2.75, 3.05) is 6.61 Å². The van der Waals surface area contributed by atoms with Gasteiger partial charge in [-0.25, -0.2) is 0 Å². The average Bonchev–Trinajstić information content (AvgIpc) is 2.69. The number of amides is 1. The highest BCUT2D eigenvalue weighted by Gasteiger charge is 2.15. The van der Waals surface area contributed by atoms with Crippen LogP contribution >= 0.6 is 11.6 Å². The Morgan fingerprint density at radius 2 is 1.41 bits per heavy atom. The van der Waals surface area contributed by atoms with Crippen LogP contribution in [0.2, 0.25) is 5.02 Å². The molecule has 0 spiro atoms. The first kappa shape index (κ1) is 19.0. The van der Waals surface area contributed by atoms with E-state index in [2.05, 4.69) is 24.3 Å². The Balaban J connectivity index is 1.71. The van der Waals surface area contributed by atoms with Crippen LogP contribution < -0.4 is 4.74 Å². The highest BCUT2D eigenvalue weighted by Crippen LogP contribution is 2.15. The number of carbonyl (C=O) groups excluding carboxylic acids is 1. The van der Waals surface area contributed by atoms with Crippen molar-refractivity contribution >= 4 is 17.5 Å². The fraction of sp³-hybridized carbons (Fsp3) is 0.174. The van der Waals surface area contributed by atoms with Gasteiger partial charge in [0.1, 0.15) is 5.75 Å². The van der Waals surface area contributed by atoms with Gasteiger partial charge < -0.3 is 9.64 Å². The molecule has 0 aliphatic heterocycles. The summed E-state index contributed by atoms with van der Waals surface area (Å²) in [4.78, 5) is 14.6. The van der Waals surface area contributed by atoms with Gasteiger partial charge >= 0.3 is 0 Å². The summed E-state index contributed by atoms with van der Waals surface area (Å²) < 4.78 is 5.65. The van der Waals surface area contributed by atoms with Crippen molar-refractivity contribution in [3.05, 3.63) is 101 Å². The van der Waals surface area contributed by atoms with E-state index in [4.69, 9.17) is 16.3 Å². The second-order valence-corrected chi connectivity index (χ2v) is 6.90. The molecule has 1 amide bonds. The fourth-order valence-corrected chi connectivity index (χ4v) is 2.84. The lowest BCUT2D eigenvalue weighted by Gasteiger charge is -2.23. The molecular formula is C23H22ClNO2. The summed E-state index contributed by atoms with van der Waals surface area (Å²) in [7, 11) is 0. The predicted molar refractivity (Wildman–Crippen MR) is 109 cm³/mol. The smallest absolute Gasteiger partial charge is 0.261 e. The van der Waals surface area contributed by atoms with Gasteiger partial charge in [-0.3, -0.25) is 4.79 Å². The second kappa shape index (κ2) is 9.24. The molecule has 0 saturated heterocycles. The number of rotatable bonds is 7. The molecule has 0 N–H and O–H groups in total. The van der Waals surface area contributed by atoms with E-state index in [0.29, 0.717) is 23.9 Å². The van der Waals surface area contributed by atoms with Crippen molar-refractivity contribution in [2.45, 2.75) is 20.0 Å². The van der Waals surface area contributed by atoms with Gasteiger partial charge in [0.05, 0.1) is 0 Å². The van der Waals surface area contributed by atoms with Gasteiger partial charge in [-0.2, -0.15) is 0 Å². The van der Waals surface area contributed by atoms with Crippen molar-refractivity contribution in [3.63, 3.8) is 0 Å². The minimum atomic E-state index is -0.0608. The van der Waals surface area contributed by atoms with E-state index in [1.165, 1.54) is 5.56 Å². The highest BCUT2D eigenvalue weighted by molar-refractivity contribution is 6.30. The Kier molecular flexibility index (Phi) is 6.50. The molecule has 0 fully saturated rings. The van der Waals surface area contributed by atoms with Gasteiger partial charge in [0.2, 0.25) is 0 Å². The third kappa shape index (κ3) is 5.87. The lowest BCUT2D eigenvalue weighted by Crippen LogP contribution is -2.34. The molecular weight excluding hydrogens is 358 g/mol. The summed E-state index contributed by atoms with van der Waals surface area (Å²) in [5.74, 6) is 0.627. The van der Waals surface area contributed by atoms with Gasteiger partial charge in [0.15, 0.2) is 6.61 Å². The molecule has 138 valence electrons. The number of aryl methyl sites for hydroxylation is 1. The van der Waals surface area contributed by atoms with Crippen LogP contribution in [-0.2, 0) is 17.9 Å². The van der Waals surface area contributed by atoms with Crippen molar-refractivity contribution in [3.8, 4) is 5.75 Å². The third-order valence-electron chi connectivity index (χ3n) is 4.24. The van der Waals surface area contributed by atoms with Crippen LogP contribution in [0.3, 0.4) is 0 Å². The average molecular weight is 380 g/mol. The highest BCUT2D eigenvalue weighted by atomic mass is 35.5. The van der Waals surface area contributed by atoms with E-state index in [1.807, 2.05) is 61.5 Å². The summed E-state index contributed by atoms with van der Waals surface area (Å²) in [6.45, 7) is 3.08. The third-order valence-corrected chi connectivity index (χ3v) is 4.49. The number of carbonyl (C=O) groups is 1. The molecule has 3 rings (SSSR count). The fourth-order valence-electron chi connectivity index (χ4n) is 2.71. The number of hydrogen-bond acceptors (Lipinski definition) is 2. The van der Waals surface area contributed by atoms with Gasteiger partial charge in [0.25, 0.3) is 5.91 Å². The van der Waals surface area contributed by atoms with Crippen molar-refractivity contribution < 1.29 is 9.53 Å². The van der Waals surface area contributed by atoms with E-state index in [9.17, 15) is 4.79 Å². The van der Waals surface area contributed by atoms with E-state index >= 15 is 0 Å². The number of nitrogens with zero attached hydrogens (tertiary/aromatic N) is 1. The van der Waals surface area contributed by atoms with Crippen LogP contribution in [0.5, 0.6) is 5.75 Å². The summed E-state index contributed by atoms with van der Waals surface area (Å²) in [6, 6.07) is 25.2. The molecule has 3 nitrogen and oxygen atoms in total. The van der Waals surface area contributed by atoms with Gasteiger partial charge in [-0.1, -0.05) is 71.8 Å². The Hall–Kier alpha value is -2.78. The van der Waals surface area contributed by atoms with Crippen LogP contribution in [-0.4, -0.2) is 17.4 Å². The molecule has 0 aliphatic rings. The van der Waals surface area contributed by atoms with Crippen LogP contribution in [0.15, 0.2) is 78.9 Å². The summed E-state index contributed by atoms with van der Waals surface area (Å²) in [5, 5.41) is 0.683. The van der Waals surface area contributed by atoms with E-state index < -0.39 is 0 Å². The van der Waals surface area contributed by atoms with Crippen molar-refractivity contribution in [2.24, 2.45) is 0 Å². The molecule has 0 heterocycles. The van der Waals surface area contributed by atoms with Gasteiger partial charge in [-0.05, 0) is 42.3 Å². The molecule has 0 aliphatic carbocycles. The van der Waals surface area contributed by atoms with E-state index in [0.717, 1.165) is 11.1 Å². The van der Waals surface area contributed by atoms with Crippen LogP contribution in [0.1, 0.15) is 16.7 Å². The zero-order chi connectivity index (χ0) is 19.1. The predicted octanol–water partition coefficient (Wildman–Crippen LogP) is 5.26. The van der Waals surface area contributed by atoms with Crippen LogP contribution in [0.4, 0.5) is 0 Å². The maximum atomic E-state index is 12.8. The second-order valence-electron chi connectivity index (χ2n) is 6.46. The minimum absolute atomic E-state index is 0.00344. The lowest BCUT2D eigenvalue weighted by molar-refractivity contribution is -0.134. The number of ether oxygens (including phenoxy) is 1. The molecule has 0 unspecified atom stereocenters. The normalized spacial score (nSPS) is 10.4. The molecule has 0 radical (unpaired) electrons. The Morgan fingerprint density at radius 1 is 0.852 bits per heavy atom. The quantitative estimate of drug-likeness (QED) is 0.560. The van der Waals surface area contributed by atoms with E-state index in [1.54, 1.807) is 4.90 Å². The van der Waals surface area contributed by atoms with Crippen molar-refractivity contribution in [1.29, 1.82) is 0 Å². The molecule has 3 aromatic rings. The maximum absolute atomic E-state index is 12.8. The van der Waals surface area contributed by atoms with Crippen LogP contribution in [0, 0.1) is 6.92 Å². The molecule has 0 aromatic heterocycles. The van der Waals surface area contributed by atoms with Gasteiger partial charge in [-0.15, -0.1) is 0 Å². The summed E-state index contributed by atoms with van der Waals surface area (Å²) >= 11 is 5.97. The number of benzene rings is 3. The van der Waals surface area contributed by atoms with Crippen molar-refractivity contribution in [1.82, 2.24) is 4.90 Å². The largest absolute Gasteiger partial charge is 0.484 e. The number of hydrogen-bond donors (Lipinski definition) is 0. The molecule has 4 heteroatoms. The molecule has 0 atom stereocenters. The Bertz CT molecular complexity index is 814. The zero-order valence-corrected chi connectivity index (χ0v) is 16.0. The summed E-state index contributed by atoms with van der Waals surface area (Å²) in [6.07, 6.45) is 0. The standard InChI is InChI=1S/C23H22ClNO2/c1-18-7-9-19(10-8-18)15-25(16-20-11-13-21(24)14-12-20)23(26)17-27-22-5-3-2-4-6-22/h2-14H,15-17H2,1H3. The van der Waals surface area contributed by atoms with Crippen LogP contribution in [0.25, 0.3) is 0 Å². The topological polar surface area (TPSA) is 29.5 Å². The number of para-hydroxylation sites is 1. The lowest BCUT2D eigenvalue weighted by atomic mass is 10.1. The first-order chi connectivity index (χ1) is 13.1. The molecule has 0 saturated carbocycles. The number of halogens is 1. The molecule has 3 aromatic carbocycles. The minimum Gasteiger partial charge on any atom is -0.484 e. The first-order valence-electron chi connectivity index (χ1n) is 8.86. The molecule has 0 bridgehead atoms. The first-order valence-corrected chi connectivity index (χ1v) is 9.23. The SMILES string of the molecule is Cc1ccc(CN(Cc2ccc(Cl)cc2)C(=O)COc2ccccc2)cc1.